The first-order chi connectivity index (χ1) is 21.5. The molecule has 9 rings (SSSR count). The van der Waals surface area contributed by atoms with Gasteiger partial charge in [-0.2, -0.15) is 13.2 Å². The minimum Gasteiger partial charge on any atom is -0.378 e. The zero-order valence-electron chi connectivity index (χ0n) is 25.4. The summed E-state index contributed by atoms with van der Waals surface area (Å²) in [7, 11) is 0. The molecule has 1 spiro atoms. The number of carbonyl (C=O) groups is 2. The van der Waals surface area contributed by atoms with Gasteiger partial charge >= 0.3 is 6.18 Å². The number of halogens is 3. The number of fused-ring (bicyclic) bond motifs is 2. The first-order valence-electron chi connectivity index (χ1n) is 16.2. The number of carbonyl (C=O) groups excluding carboxylic acids is 2. The van der Waals surface area contributed by atoms with Crippen molar-refractivity contribution in [2.75, 3.05) is 37.7 Å². The van der Waals surface area contributed by atoms with Crippen molar-refractivity contribution in [2.45, 2.75) is 75.0 Å². The molecule has 1 aromatic heterocycles. The maximum absolute atomic E-state index is 14.7. The van der Waals surface area contributed by atoms with Gasteiger partial charge in [0, 0.05) is 23.8 Å². The highest BCUT2D eigenvalue weighted by Crippen LogP contribution is 2.58. The average molecular weight is 625 g/mol. The zero-order chi connectivity index (χ0) is 31.3. The van der Waals surface area contributed by atoms with Crippen molar-refractivity contribution in [3.05, 3.63) is 46.8 Å². The van der Waals surface area contributed by atoms with Gasteiger partial charge in [0.05, 0.1) is 24.8 Å². The lowest BCUT2D eigenvalue weighted by atomic mass is 9.48. The number of anilines is 2. The Morgan fingerprint density at radius 2 is 1.71 bits per heavy atom. The Morgan fingerprint density at radius 3 is 2.29 bits per heavy atom. The number of rotatable bonds is 5. The lowest BCUT2D eigenvalue weighted by molar-refractivity contribution is -0.142. The first kappa shape index (κ1) is 29.2. The smallest absolute Gasteiger partial charge is 0.378 e. The van der Waals surface area contributed by atoms with E-state index in [0.717, 1.165) is 94.3 Å². The molecule has 0 atom stereocenters. The van der Waals surface area contributed by atoms with E-state index >= 15 is 0 Å². The molecule has 2 amide bonds. The summed E-state index contributed by atoms with van der Waals surface area (Å²) < 4.78 is 49.4. The molecule has 4 aliphatic carbocycles. The second-order valence-corrected chi connectivity index (χ2v) is 14.5. The van der Waals surface area contributed by atoms with E-state index in [0.29, 0.717) is 24.4 Å². The Morgan fingerprint density at radius 1 is 1.04 bits per heavy atom. The molecule has 0 unspecified atom stereocenters. The second-order valence-electron chi connectivity index (χ2n) is 14.5. The summed E-state index contributed by atoms with van der Waals surface area (Å²) in [6.45, 7) is 5.73. The Hall–Kier alpha value is -3.25. The second kappa shape index (κ2) is 10.1. The highest BCUT2D eigenvalue weighted by atomic mass is 19.4. The summed E-state index contributed by atoms with van der Waals surface area (Å²) in [4.78, 5) is 39.4. The van der Waals surface area contributed by atoms with Crippen LogP contribution in [-0.2, 0) is 21.1 Å². The van der Waals surface area contributed by atoms with Gasteiger partial charge in [0.25, 0.3) is 5.91 Å². The van der Waals surface area contributed by atoms with E-state index < -0.39 is 34.8 Å². The summed E-state index contributed by atoms with van der Waals surface area (Å²) in [6, 6.07) is 6.46. The van der Waals surface area contributed by atoms with Crippen molar-refractivity contribution in [1.29, 1.82) is 0 Å². The number of aryl methyl sites for hydroxylation is 1. The monoisotopic (exact) mass is 624 g/mol. The summed E-state index contributed by atoms with van der Waals surface area (Å²) >= 11 is 0. The number of nitrogens with zero attached hydrogens (tertiary/aromatic N) is 4. The number of likely N-dealkylation sites (tertiary alicyclic amines) is 1. The zero-order valence-corrected chi connectivity index (χ0v) is 25.4. The largest absolute Gasteiger partial charge is 0.434 e. The predicted octanol–water partition coefficient (Wildman–Crippen LogP) is 4.10. The third-order valence-electron chi connectivity index (χ3n) is 12.1. The van der Waals surface area contributed by atoms with E-state index in [9.17, 15) is 22.8 Å². The van der Waals surface area contributed by atoms with Crippen LogP contribution in [0.5, 0.6) is 0 Å². The molecule has 4 saturated carbocycles. The number of primary amides is 1. The highest BCUT2D eigenvalue weighted by molar-refractivity contribution is 6.00. The van der Waals surface area contributed by atoms with Crippen LogP contribution in [0, 0.1) is 30.6 Å². The van der Waals surface area contributed by atoms with Crippen molar-refractivity contribution in [1.82, 2.24) is 20.2 Å². The van der Waals surface area contributed by atoms with Crippen LogP contribution in [0.3, 0.4) is 0 Å². The van der Waals surface area contributed by atoms with Crippen LogP contribution in [0.2, 0.25) is 0 Å². The van der Waals surface area contributed by atoms with E-state index in [1.54, 1.807) is 4.90 Å². The molecule has 1 aromatic carbocycles. The minimum atomic E-state index is -4.92. The van der Waals surface area contributed by atoms with Crippen LogP contribution in [0.1, 0.15) is 72.1 Å². The van der Waals surface area contributed by atoms with Gasteiger partial charge in [-0.05, 0) is 100 Å². The van der Waals surface area contributed by atoms with Gasteiger partial charge in [0.2, 0.25) is 11.9 Å². The number of aromatic nitrogens is 2. The van der Waals surface area contributed by atoms with Gasteiger partial charge in [-0.15, -0.1) is 0 Å². The Bertz CT molecular complexity index is 1520. The number of nitrogens with one attached hydrogen (secondary N) is 1. The van der Waals surface area contributed by atoms with Crippen molar-refractivity contribution >= 4 is 23.5 Å². The fourth-order valence-electron chi connectivity index (χ4n) is 9.88. The fourth-order valence-corrected chi connectivity index (χ4v) is 9.88. The van der Waals surface area contributed by atoms with Crippen LogP contribution >= 0.6 is 0 Å². The van der Waals surface area contributed by atoms with E-state index in [2.05, 4.69) is 26.3 Å². The van der Waals surface area contributed by atoms with Crippen LogP contribution in [0.4, 0.5) is 24.8 Å². The maximum atomic E-state index is 14.7. The maximum Gasteiger partial charge on any atom is 0.434 e. The first-order valence-corrected chi connectivity index (χ1v) is 16.2. The molecule has 2 saturated heterocycles. The molecule has 2 aromatic rings. The molecule has 7 aliphatic rings. The number of hydrogen-bond donors (Lipinski definition) is 2. The predicted molar refractivity (Wildman–Crippen MR) is 159 cm³/mol. The SMILES string of the molecule is Cc1ccc2c(c1)C1(CCN(C3COC3)CC1)CN2c1ncc(C(=O)NC2(C(N)=O)C3CC4CC(C3)CC2C4)c(C(F)(F)F)n1. The van der Waals surface area contributed by atoms with Gasteiger partial charge in [-0.3, -0.25) is 14.5 Å². The molecule has 6 fully saturated rings. The third kappa shape index (κ3) is 4.49. The lowest BCUT2D eigenvalue weighted by Gasteiger charge is -2.59. The van der Waals surface area contributed by atoms with Gasteiger partial charge in [-0.25, -0.2) is 9.97 Å². The molecule has 4 heterocycles. The number of hydrogen-bond acceptors (Lipinski definition) is 7. The van der Waals surface area contributed by atoms with Gasteiger partial charge in [0.15, 0.2) is 5.69 Å². The van der Waals surface area contributed by atoms with Crippen LogP contribution in [-0.4, -0.2) is 71.1 Å². The summed E-state index contributed by atoms with van der Waals surface area (Å²) in [6.07, 6.45) is 1.89. The number of ether oxygens (including phenoxy) is 1. The number of alkyl halides is 3. The molecule has 3 aliphatic heterocycles. The normalized spacial score (nSPS) is 32.0. The molecule has 12 heteroatoms. The number of amides is 2. The Kier molecular flexibility index (Phi) is 6.56. The van der Waals surface area contributed by atoms with E-state index in [1.807, 2.05) is 19.1 Å². The molecule has 45 heavy (non-hydrogen) atoms. The number of nitrogens with two attached hydrogens (primary N) is 1. The van der Waals surface area contributed by atoms with Gasteiger partial charge < -0.3 is 20.7 Å². The fraction of sp³-hybridized carbons (Fsp3) is 0.636. The Labute approximate surface area is 260 Å². The lowest BCUT2D eigenvalue weighted by Crippen LogP contribution is -2.71. The van der Waals surface area contributed by atoms with E-state index in [-0.39, 0.29) is 23.2 Å². The molecule has 240 valence electrons. The van der Waals surface area contributed by atoms with Crippen LogP contribution < -0.4 is 16.0 Å². The van der Waals surface area contributed by atoms with E-state index in [4.69, 9.17) is 10.5 Å². The molecular weight excluding hydrogens is 585 g/mol. The molecule has 0 radical (unpaired) electrons. The third-order valence-corrected chi connectivity index (χ3v) is 12.1. The summed E-state index contributed by atoms with van der Waals surface area (Å²) in [5, 5.41) is 2.76. The van der Waals surface area contributed by atoms with Crippen molar-refractivity contribution in [2.24, 2.45) is 29.4 Å². The Balaban J connectivity index is 1.11. The van der Waals surface area contributed by atoms with Crippen molar-refractivity contribution in [3.63, 3.8) is 0 Å². The molecule has 9 nitrogen and oxygen atoms in total. The number of benzene rings is 1. The van der Waals surface area contributed by atoms with Crippen molar-refractivity contribution < 1.29 is 27.5 Å². The van der Waals surface area contributed by atoms with Crippen LogP contribution in [0.15, 0.2) is 24.4 Å². The van der Waals surface area contributed by atoms with E-state index in [1.165, 1.54) is 0 Å². The quantitative estimate of drug-likeness (QED) is 0.515. The summed E-state index contributed by atoms with van der Waals surface area (Å²) in [5.41, 5.74) is 5.35. The topological polar surface area (TPSA) is 114 Å². The minimum absolute atomic E-state index is 0.0880. The van der Waals surface area contributed by atoms with Gasteiger partial charge in [0.1, 0.15) is 5.54 Å². The van der Waals surface area contributed by atoms with Gasteiger partial charge in [-0.1, -0.05) is 17.7 Å². The average Bonchev–Trinajstić information content (AvgIpc) is 3.26. The van der Waals surface area contributed by atoms with Crippen LogP contribution in [0.25, 0.3) is 0 Å². The van der Waals surface area contributed by atoms with Crippen molar-refractivity contribution in [3.8, 4) is 0 Å². The molecular formula is C33H39F3N6O3. The standard InChI is InChI=1S/C33H39F3N6O3/c1-18-2-3-26-25(8-18)31(4-6-41(7-5-31)23-15-45-16-23)17-42(26)30-38-14-24(27(39-30)33(34,35)36)28(43)40-32(29(37)44)21-10-19-9-20(12-21)13-22(32)11-19/h2-3,8,14,19-23H,4-7,9-13,15-17H2,1H3,(H2,37,44)(H,40,43). The number of piperidine rings is 1. The molecule has 4 bridgehead atoms. The summed E-state index contributed by atoms with van der Waals surface area (Å²) in [5.74, 6) is -1.15. The molecule has 3 N–H and O–H groups in total. The highest BCUT2D eigenvalue weighted by Gasteiger charge is 2.61.